The summed E-state index contributed by atoms with van der Waals surface area (Å²) in [5.41, 5.74) is -0.0358. The minimum atomic E-state index is -1.24. The first-order valence-corrected chi connectivity index (χ1v) is 9.60. The van der Waals surface area contributed by atoms with Crippen LogP contribution < -0.4 is 10.6 Å². The molecule has 10 nitrogen and oxygen atoms in total. The van der Waals surface area contributed by atoms with Crippen LogP contribution in [-0.2, 0) is 6.54 Å². The fourth-order valence-corrected chi connectivity index (χ4v) is 2.96. The molecule has 0 aliphatic rings. The topological polar surface area (TPSA) is 146 Å². The minimum absolute atomic E-state index is 0.0191. The molecule has 0 saturated heterocycles. The molecule has 4 aromatic rings. The Labute approximate surface area is 188 Å². The number of nitrogens with zero attached hydrogens (tertiary/aromatic N) is 3. The van der Waals surface area contributed by atoms with Gasteiger partial charge in [0.05, 0.1) is 22.7 Å². The van der Waals surface area contributed by atoms with E-state index in [-0.39, 0.29) is 46.2 Å². The number of carbonyl (C=O) groups is 2. The number of aromatic amines is 1. The number of phenols is 1. The summed E-state index contributed by atoms with van der Waals surface area (Å²) in [5, 5.41) is 28.2. The SMILES string of the molecule is O=C(NCc1nnc(-c2ccccc2O)o1)c1cc(NC(=O)c2cc(F)c(F)cc2Cl)[nH]n1. The summed E-state index contributed by atoms with van der Waals surface area (Å²) >= 11 is 5.78. The van der Waals surface area contributed by atoms with Gasteiger partial charge in [0.1, 0.15) is 11.6 Å². The van der Waals surface area contributed by atoms with Gasteiger partial charge < -0.3 is 20.2 Å². The fourth-order valence-electron chi connectivity index (χ4n) is 2.72. The van der Waals surface area contributed by atoms with Crippen molar-refractivity contribution >= 4 is 29.2 Å². The largest absolute Gasteiger partial charge is 0.507 e. The molecule has 2 heterocycles. The molecule has 2 aromatic carbocycles. The Kier molecular flexibility index (Phi) is 6.00. The summed E-state index contributed by atoms with van der Waals surface area (Å²) in [5.74, 6) is -3.74. The molecule has 0 atom stereocenters. The number of halogens is 3. The van der Waals surface area contributed by atoms with Gasteiger partial charge >= 0.3 is 0 Å². The number of benzene rings is 2. The van der Waals surface area contributed by atoms with Crippen LogP contribution in [0.4, 0.5) is 14.6 Å². The van der Waals surface area contributed by atoms with Gasteiger partial charge in [-0.25, -0.2) is 8.78 Å². The lowest BCUT2D eigenvalue weighted by Crippen LogP contribution is -2.23. The zero-order valence-electron chi connectivity index (χ0n) is 16.4. The van der Waals surface area contributed by atoms with E-state index >= 15 is 0 Å². The number of nitrogens with one attached hydrogen (secondary N) is 3. The van der Waals surface area contributed by atoms with Crippen LogP contribution in [0.2, 0.25) is 5.02 Å². The summed E-state index contributed by atoms with van der Waals surface area (Å²) < 4.78 is 32.0. The predicted octanol–water partition coefficient (Wildman–Crippen LogP) is 3.28. The third kappa shape index (κ3) is 4.80. The molecule has 2 amide bonds. The maximum atomic E-state index is 13.4. The number of hydrogen-bond donors (Lipinski definition) is 4. The molecule has 0 saturated carbocycles. The second kappa shape index (κ2) is 9.04. The lowest BCUT2D eigenvalue weighted by molar-refractivity contribution is 0.0941. The fraction of sp³-hybridized carbons (Fsp3) is 0.0500. The molecule has 0 aliphatic heterocycles. The second-order valence-electron chi connectivity index (χ2n) is 6.57. The molecule has 0 unspecified atom stereocenters. The molecule has 0 radical (unpaired) electrons. The molecule has 0 bridgehead atoms. The third-order valence-corrected chi connectivity index (χ3v) is 4.63. The quantitative estimate of drug-likeness (QED) is 0.314. The van der Waals surface area contributed by atoms with E-state index in [9.17, 15) is 23.5 Å². The number of carbonyl (C=O) groups excluding carboxylic acids is 2. The summed E-state index contributed by atoms with van der Waals surface area (Å²) in [6, 6.07) is 8.96. The van der Waals surface area contributed by atoms with Gasteiger partial charge in [0.2, 0.25) is 5.89 Å². The Bertz CT molecular complexity index is 1360. The number of H-pyrrole nitrogens is 1. The van der Waals surface area contributed by atoms with Gasteiger partial charge in [-0.05, 0) is 24.3 Å². The first-order chi connectivity index (χ1) is 15.8. The molecule has 0 spiro atoms. The van der Waals surface area contributed by atoms with Crippen molar-refractivity contribution in [3.8, 4) is 17.2 Å². The predicted molar refractivity (Wildman–Crippen MR) is 110 cm³/mol. The van der Waals surface area contributed by atoms with Crippen molar-refractivity contribution in [3.63, 3.8) is 0 Å². The lowest BCUT2D eigenvalue weighted by Gasteiger charge is -2.05. The number of amides is 2. The van der Waals surface area contributed by atoms with E-state index < -0.39 is 23.4 Å². The van der Waals surface area contributed by atoms with Crippen LogP contribution in [-0.4, -0.2) is 37.3 Å². The van der Waals surface area contributed by atoms with Gasteiger partial charge in [-0.2, -0.15) is 5.10 Å². The van der Waals surface area contributed by atoms with Gasteiger partial charge in [0.25, 0.3) is 17.7 Å². The number of para-hydroxylation sites is 1. The van der Waals surface area contributed by atoms with E-state index in [2.05, 4.69) is 31.0 Å². The van der Waals surface area contributed by atoms with Crippen LogP contribution in [0.15, 0.2) is 46.9 Å². The summed E-state index contributed by atoms with van der Waals surface area (Å²) in [4.78, 5) is 24.6. The molecular weight excluding hydrogens is 462 g/mol. The smallest absolute Gasteiger partial charge is 0.272 e. The Morgan fingerprint density at radius 3 is 2.64 bits per heavy atom. The highest BCUT2D eigenvalue weighted by Crippen LogP contribution is 2.27. The molecule has 0 aliphatic carbocycles. The number of anilines is 1. The number of rotatable bonds is 6. The number of aromatic hydroxyl groups is 1. The van der Waals surface area contributed by atoms with E-state index in [1.807, 2.05) is 0 Å². The molecule has 4 N–H and O–H groups in total. The molecule has 0 fully saturated rings. The zero-order valence-corrected chi connectivity index (χ0v) is 17.2. The van der Waals surface area contributed by atoms with Crippen molar-refractivity contribution in [3.05, 3.63) is 76.3 Å². The maximum absolute atomic E-state index is 13.4. The van der Waals surface area contributed by atoms with Crippen LogP contribution in [0.3, 0.4) is 0 Å². The third-order valence-electron chi connectivity index (χ3n) is 4.31. The van der Waals surface area contributed by atoms with E-state index in [1.165, 1.54) is 12.1 Å². The van der Waals surface area contributed by atoms with E-state index in [1.54, 1.807) is 18.2 Å². The number of hydrogen-bond acceptors (Lipinski definition) is 7. The van der Waals surface area contributed by atoms with Gasteiger partial charge in [0, 0.05) is 6.07 Å². The first kappa shape index (κ1) is 21.9. The van der Waals surface area contributed by atoms with Crippen molar-refractivity contribution in [2.45, 2.75) is 6.54 Å². The van der Waals surface area contributed by atoms with Crippen LogP contribution in [0.5, 0.6) is 5.75 Å². The Hall–Kier alpha value is -4.32. The Morgan fingerprint density at radius 1 is 1.09 bits per heavy atom. The minimum Gasteiger partial charge on any atom is -0.507 e. The van der Waals surface area contributed by atoms with Crippen molar-refractivity contribution in [1.29, 1.82) is 0 Å². The molecule has 13 heteroatoms. The average Bonchev–Trinajstić information content (AvgIpc) is 3.45. The first-order valence-electron chi connectivity index (χ1n) is 9.22. The normalized spacial score (nSPS) is 10.8. The highest BCUT2D eigenvalue weighted by Gasteiger charge is 2.18. The number of phenolic OH excluding ortho intramolecular Hbond substituents is 1. The van der Waals surface area contributed by atoms with Gasteiger partial charge in [-0.1, -0.05) is 23.7 Å². The monoisotopic (exact) mass is 474 g/mol. The van der Waals surface area contributed by atoms with Crippen molar-refractivity contribution in [2.24, 2.45) is 0 Å². The van der Waals surface area contributed by atoms with Crippen LogP contribution in [0.1, 0.15) is 26.7 Å². The molecule has 168 valence electrons. The Balaban J connectivity index is 1.37. The van der Waals surface area contributed by atoms with Crippen molar-refractivity contribution in [2.75, 3.05) is 5.32 Å². The van der Waals surface area contributed by atoms with E-state index in [0.717, 1.165) is 0 Å². The van der Waals surface area contributed by atoms with Crippen LogP contribution in [0, 0.1) is 11.6 Å². The lowest BCUT2D eigenvalue weighted by atomic mass is 10.2. The van der Waals surface area contributed by atoms with Crippen LogP contribution >= 0.6 is 11.6 Å². The number of aromatic nitrogens is 4. The van der Waals surface area contributed by atoms with E-state index in [0.29, 0.717) is 17.7 Å². The maximum Gasteiger partial charge on any atom is 0.272 e. The molecule has 4 rings (SSSR count). The molecular formula is C20H13ClF2N6O4. The van der Waals surface area contributed by atoms with Gasteiger partial charge in [-0.15, -0.1) is 10.2 Å². The van der Waals surface area contributed by atoms with Crippen molar-refractivity contribution in [1.82, 2.24) is 25.7 Å². The highest BCUT2D eigenvalue weighted by atomic mass is 35.5. The van der Waals surface area contributed by atoms with Gasteiger partial charge in [0.15, 0.2) is 17.3 Å². The summed E-state index contributed by atoms with van der Waals surface area (Å²) in [6.45, 7) is -0.127. The average molecular weight is 475 g/mol. The second-order valence-corrected chi connectivity index (χ2v) is 6.98. The summed E-state index contributed by atoms with van der Waals surface area (Å²) in [6.07, 6.45) is 0. The highest BCUT2D eigenvalue weighted by molar-refractivity contribution is 6.34. The molecule has 33 heavy (non-hydrogen) atoms. The molecule has 2 aromatic heterocycles. The zero-order chi connectivity index (χ0) is 23.5. The van der Waals surface area contributed by atoms with Gasteiger partial charge in [-0.3, -0.25) is 14.7 Å². The van der Waals surface area contributed by atoms with Crippen molar-refractivity contribution < 1.29 is 27.9 Å². The van der Waals surface area contributed by atoms with E-state index in [4.69, 9.17) is 16.0 Å². The summed E-state index contributed by atoms with van der Waals surface area (Å²) in [7, 11) is 0. The Morgan fingerprint density at radius 2 is 1.85 bits per heavy atom. The standard InChI is InChI=1S/C20H13ClF2N6O4/c21-11-6-13(23)12(22)5-10(11)18(31)25-16-7-14(26-27-16)19(32)24-8-17-28-29-20(33-17)9-3-1-2-4-15(9)30/h1-7,30H,8H2,(H,24,32)(H2,25,26,27,31). The van der Waals surface area contributed by atoms with Crippen LogP contribution in [0.25, 0.3) is 11.5 Å².